The second-order valence-corrected chi connectivity index (χ2v) is 5.64. The van der Waals surface area contributed by atoms with E-state index in [1.807, 2.05) is 31.2 Å². The van der Waals surface area contributed by atoms with Crippen molar-refractivity contribution in [1.29, 1.82) is 0 Å². The molecule has 4 heteroatoms. The number of hydrogen-bond acceptors (Lipinski definition) is 4. The fraction of sp³-hybridized carbons (Fsp3) is 0.412. The minimum atomic E-state index is 0.328. The van der Waals surface area contributed by atoms with Gasteiger partial charge in [-0.15, -0.1) is 0 Å². The quantitative estimate of drug-likeness (QED) is 0.854. The van der Waals surface area contributed by atoms with Gasteiger partial charge in [-0.1, -0.05) is 26.0 Å². The number of hydrogen-bond donors (Lipinski definition) is 1. The van der Waals surface area contributed by atoms with Crippen molar-refractivity contribution in [2.45, 2.75) is 40.2 Å². The van der Waals surface area contributed by atoms with Crippen molar-refractivity contribution in [2.75, 3.05) is 17.2 Å². The topological polar surface area (TPSA) is 55.0 Å². The SMILES string of the molecule is CCN(Cc1cccc(N)c1)c1cc(C)nc(C(C)C)n1. The Morgan fingerprint density at radius 3 is 2.57 bits per heavy atom. The Morgan fingerprint density at radius 1 is 1.19 bits per heavy atom. The lowest BCUT2D eigenvalue weighted by Crippen LogP contribution is -2.24. The van der Waals surface area contributed by atoms with Gasteiger partial charge in [-0.2, -0.15) is 0 Å². The number of aromatic nitrogens is 2. The summed E-state index contributed by atoms with van der Waals surface area (Å²) in [6.45, 7) is 10.1. The molecule has 0 aliphatic carbocycles. The summed E-state index contributed by atoms with van der Waals surface area (Å²) in [5.74, 6) is 2.21. The Morgan fingerprint density at radius 2 is 1.95 bits per heavy atom. The molecule has 0 saturated carbocycles. The minimum Gasteiger partial charge on any atom is -0.399 e. The molecule has 1 aromatic carbocycles. The molecule has 0 bridgehead atoms. The molecule has 1 heterocycles. The molecule has 0 atom stereocenters. The molecule has 0 spiro atoms. The Balaban J connectivity index is 2.29. The lowest BCUT2D eigenvalue weighted by atomic mass is 10.2. The van der Waals surface area contributed by atoms with Crippen LogP contribution >= 0.6 is 0 Å². The zero-order chi connectivity index (χ0) is 15.4. The second-order valence-electron chi connectivity index (χ2n) is 5.64. The first-order valence-corrected chi connectivity index (χ1v) is 7.44. The maximum absolute atomic E-state index is 5.86. The van der Waals surface area contributed by atoms with Crippen LogP contribution in [0.2, 0.25) is 0 Å². The van der Waals surface area contributed by atoms with Crippen LogP contribution in [0.15, 0.2) is 30.3 Å². The lowest BCUT2D eigenvalue weighted by molar-refractivity contribution is 0.741. The normalized spacial score (nSPS) is 10.9. The summed E-state index contributed by atoms with van der Waals surface area (Å²) in [6.07, 6.45) is 0. The van der Waals surface area contributed by atoms with Gasteiger partial charge in [-0.05, 0) is 31.5 Å². The van der Waals surface area contributed by atoms with Gasteiger partial charge in [-0.3, -0.25) is 0 Å². The molecule has 2 aromatic rings. The molecule has 1 aromatic heterocycles. The van der Waals surface area contributed by atoms with E-state index in [0.717, 1.165) is 36.1 Å². The van der Waals surface area contributed by atoms with E-state index in [0.29, 0.717) is 5.92 Å². The van der Waals surface area contributed by atoms with Crippen LogP contribution in [0.1, 0.15) is 43.8 Å². The van der Waals surface area contributed by atoms with E-state index in [2.05, 4.69) is 36.7 Å². The highest BCUT2D eigenvalue weighted by molar-refractivity contribution is 5.45. The molecule has 0 aliphatic heterocycles. The molecule has 112 valence electrons. The van der Waals surface area contributed by atoms with E-state index < -0.39 is 0 Å². The molecular formula is C17H24N4. The van der Waals surface area contributed by atoms with E-state index in [4.69, 9.17) is 10.7 Å². The molecule has 0 unspecified atom stereocenters. The third-order valence-corrected chi connectivity index (χ3v) is 3.40. The maximum atomic E-state index is 5.86. The highest BCUT2D eigenvalue weighted by atomic mass is 15.2. The van der Waals surface area contributed by atoms with Gasteiger partial charge in [-0.25, -0.2) is 9.97 Å². The van der Waals surface area contributed by atoms with Crippen LogP contribution in [0.25, 0.3) is 0 Å². The standard InChI is InChI=1S/C17H24N4/c1-5-21(11-14-7-6-8-15(18)10-14)16-9-13(4)19-17(20-16)12(2)3/h6-10,12H,5,11,18H2,1-4H3. The number of rotatable bonds is 5. The molecule has 4 nitrogen and oxygen atoms in total. The van der Waals surface area contributed by atoms with Crippen LogP contribution in [0.3, 0.4) is 0 Å². The predicted molar refractivity (Wildman–Crippen MR) is 88.4 cm³/mol. The van der Waals surface area contributed by atoms with Gasteiger partial charge in [0.1, 0.15) is 11.6 Å². The first-order chi connectivity index (χ1) is 9.99. The van der Waals surface area contributed by atoms with E-state index in [1.54, 1.807) is 0 Å². The van der Waals surface area contributed by atoms with Crippen molar-refractivity contribution >= 4 is 11.5 Å². The zero-order valence-electron chi connectivity index (χ0n) is 13.3. The number of benzene rings is 1. The van der Waals surface area contributed by atoms with Gasteiger partial charge in [0.25, 0.3) is 0 Å². The summed E-state index contributed by atoms with van der Waals surface area (Å²) < 4.78 is 0. The van der Waals surface area contributed by atoms with Crippen molar-refractivity contribution < 1.29 is 0 Å². The molecule has 21 heavy (non-hydrogen) atoms. The monoisotopic (exact) mass is 284 g/mol. The van der Waals surface area contributed by atoms with E-state index in [9.17, 15) is 0 Å². The summed E-state index contributed by atoms with van der Waals surface area (Å²) in [5.41, 5.74) is 8.86. The maximum Gasteiger partial charge on any atom is 0.133 e. The average Bonchev–Trinajstić information content (AvgIpc) is 2.44. The number of nitrogens with two attached hydrogens (primary N) is 1. The molecule has 0 aliphatic rings. The van der Waals surface area contributed by atoms with Crippen molar-refractivity contribution in [3.63, 3.8) is 0 Å². The Hall–Kier alpha value is -2.10. The van der Waals surface area contributed by atoms with Crippen molar-refractivity contribution in [2.24, 2.45) is 0 Å². The fourth-order valence-electron chi connectivity index (χ4n) is 2.26. The largest absolute Gasteiger partial charge is 0.399 e. The molecule has 0 amide bonds. The van der Waals surface area contributed by atoms with Gasteiger partial charge < -0.3 is 10.6 Å². The number of nitrogens with zero attached hydrogens (tertiary/aromatic N) is 3. The van der Waals surface area contributed by atoms with Gasteiger partial charge in [0.15, 0.2) is 0 Å². The van der Waals surface area contributed by atoms with E-state index in [1.165, 1.54) is 5.56 Å². The van der Waals surface area contributed by atoms with Crippen LogP contribution < -0.4 is 10.6 Å². The van der Waals surface area contributed by atoms with Crippen molar-refractivity contribution in [1.82, 2.24) is 9.97 Å². The van der Waals surface area contributed by atoms with Crippen molar-refractivity contribution in [3.8, 4) is 0 Å². The first-order valence-electron chi connectivity index (χ1n) is 7.44. The molecule has 2 rings (SSSR count). The van der Waals surface area contributed by atoms with Crippen molar-refractivity contribution in [3.05, 3.63) is 47.4 Å². The summed E-state index contributed by atoms with van der Waals surface area (Å²) in [6, 6.07) is 10.0. The van der Waals surface area contributed by atoms with Crippen LogP contribution in [0.5, 0.6) is 0 Å². The molecule has 0 fully saturated rings. The Labute approximate surface area is 127 Å². The lowest BCUT2D eigenvalue weighted by Gasteiger charge is -2.23. The van der Waals surface area contributed by atoms with Gasteiger partial charge >= 0.3 is 0 Å². The Bertz CT molecular complexity index is 607. The average molecular weight is 284 g/mol. The number of anilines is 2. The third-order valence-electron chi connectivity index (χ3n) is 3.40. The highest BCUT2D eigenvalue weighted by Crippen LogP contribution is 2.19. The number of aryl methyl sites for hydroxylation is 1. The first kappa shape index (κ1) is 15.3. The second kappa shape index (κ2) is 6.57. The van der Waals surface area contributed by atoms with Gasteiger partial charge in [0, 0.05) is 36.5 Å². The third kappa shape index (κ3) is 3.94. The summed E-state index contributed by atoms with van der Waals surface area (Å²) in [7, 11) is 0. The van der Waals surface area contributed by atoms with Gasteiger partial charge in [0.05, 0.1) is 0 Å². The van der Waals surface area contributed by atoms with Crippen LogP contribution in [0, 0.1) is 6.92 Å². The molecule has 0 radical (unpaired) electrons. The fourth-order valence-corrected chi connectivity index (χ4v) is 2.26. The molecule has 0 saturated heterocycles. The van der Waals surface area contributed by atoms with E-state index in [-0.39, 0.29) is 0 Å². The summed E-state index contributed by atoms with van der Waals surface area (Å²) in [4.78, 5) is 11.5. The summed E-state index contributed by atoms with van der Waals surface area (Å²) >= 11 is 0. The van der Waals surface area contributed by atoms with E-state index >= 15 is 0 Å². The zero-order valence-corrected chi connectivity index (χ0v) is 13.3. The summed E-state index contributed by atoms with van der Waals surface area (Å²) in [5, 5.41) is 0. The predicted octanol–water partition coefficient (Wildman–Crippen LogP) is 3.52. The Kier molecular flexibility index (Phi) is 4.78. The van der Waals surface area contributed by atoms with Crippen LogP contribution in [-0.2, 0) is 6.54 Å². The van der Waals surface area contributed by atoms with Crippen LogP contribution in [-0.4, -0.2) is 16.5 Å². The van der Waals surface area contributed by atoms with Gasteiger partial charge in [0.2, 0.25) is 0 Å². The number of nitrogen functional groups attached to an aromatic ring is 1. The minimum absolute atomic E-state index is 0.328. The molecular weight excluding hydrogens is 260 g/mol. The highest BCUT2D eigenvalue weighted by Gasteiger charge is 2.11. The smallest absolute Gasteiger partial charge is 0.133 e. The van der Waals surface area contributed by atoms with Crippen LogP contribution in [0.4, 0.5) is 11.5 Å². The molecule has 2 N–H and O–H groups in total.